The molecule has 3 heterocycles. The van der Waals surface area contributed by atoms with Gasteiger partial charge in [-0.3, -0.25) is 4.79 Å². The number of thiophene rings is 1. The molecule has 2 fully saturated rings. The highest BCUT2D eigenvalue weighted by atomic mass is 32.1. The zero-order valence-electron chi connectivity index (χ0n) is 15.2. The average Bonchev–Trinajstić information content (AvgIpc) is 3.22. The minimum atomic E-state index is 0.127. The Kier molecular flexibility index (Phi) is 4.50. The first kappa shape index (κ1) is 16.9. The van der Waals surface area contributed by atoms with Crippen molar-refractivity contribution in [2.75, 3.05) is 26.3 Å². The van der Waals surface area contributed by atoms with Gasteiger partial charge in [0.2, 0.25) is 0 Å². The summed E-state index contributed by atoms with van der Waals surface area (Å²) in [7, 11) is 0. The number of carbonyl (C=O) groups is 1. The molecule has 25 heavy (non-hydrogen) atoms. The van der Waals surface area contributed by atoms with Crippen molar-refractivity contribution in [2.24, 2.45) is 5.92 Å². The third-order valence-corrected chi connectivity index (χ3v) is 6.47. The number of nitrogens with zero attached hydrogens (tertiary/aromatic N) is 3. The lowest BCUT2D eigenvalue weighted by molar-refractivity contribution is 0.0735. The highest BCUT2D eigenvalue weighted by Crippen LogP contribution is 2.40. The number of amides is 1. The molecule has 4 rings (SSSR count). The van der Waals surface area contributed by atoms with Gasteiger partial charge in [-0.05, 0) is 45.6 Å². The van der Waals surface area contributed by atoms with Gasteiger partial charge in [-0.15, -0.1) is 11.3 Å². The molecule has 0 bridgehead atoms. The minimum Gasteiger partial charge on any atom is -0.381 e. The van der Waals surface area contributed by atoms with Crippen molar-refractivity contribution in [2.45, 2.75) is 46.0 Å². The number of carbonyl (C=O) groups excluding carboxylic acids is 1. The van der Waals surface area contributed by atoms with E-state index in [1.54, 1.807) is 0 Å². The molecular weight excluding hydrogens is 334 g/mol. The van der Waals surface area contributed by atoms with Gasteiger partial charge in [0.25, 0.3) is 5.91 Å². The zero-order valence-corrected chi connectivity index (χ0v) is 16.0. The van der Waals surface area contributed by atoms with Crippen LogP contribution in [0.1, 0.15) is 58.9 Å². The molecule has 2 aromatic heterocycles. The Morgan fingerprint density at radius 3 is 2.72 bits per heavy atom. The Hall–Kier alpha value is -1.53. The predicted octanol–water partition coefficient (Wildman–Crippen LogP) is 3.68. The number of aryl methyl sites for hydroxylation is 2. The predicted molar refractivity (Wildman–Crippen MR) is 99.4 cm³/mol. The summed E-state index contributed by atoms with van der Waals surface area (Å²) < 4.78 is 5.46. The lowest BCUT2D eigenvalue weighted by atomic mass is 10.1. The van der Waals surface area contributed by atoms with Crippen LogP contribution in [0.25, 0.3) is 10.2 Å². The molecule has 1 amide bonds. The lowest BCUT2D eigenvalue weighted by Crippen LogP contribution is -2.35. The molecule has 0 spiro atoms. The summed E-state index contributed by atoms with van der Waals surface area (Å²) in [4.78, 5) is 26.4. The molecule has 0 aromatic carbocycles. The zero-order chi connectivity index (χ0) is 17.6. The molecule has 1 aliphatic heterocycles. The van der Waals surface area contributed by atoms with Crippen LogP contribution in [-0.4, -0.2) is 47.1 Å². The maximum atomic E-state index is 13.1. The summed E-state index contributed by atoms with van der Waals surface area (Å²) in [6.45, 7) is 9.21. The summed E-state index contributed by atoms with van der Waals surface area (Å²) in [5, 5.41) is 1.07. The number of hydrogen-bond donors (Lipinski definition) is 0. The number of aromatic nitrogens is 2. The summed E-state index contributed by atoms with van der Waals surface area (Å²) in [6, 6.07) is 0. The van der Waals surface area contributed by atoms with Crippen molar-refractivity contribution in [1.29, 1.82) is 0 Å². The number of hydrogen-bond acceptors (Lipinski definition) is 5. The van der Waals surface area contributed by atoms with Crippen LogP contribution in [0, 0.1) is 19.8 Å². The molecule has 1 unspecified atom stereocenters. The van der Waals surface area contributed by atoms with E-state index < -0.39 is 0 Å². The minimum absolute atomic E-state index is 0.127. The Balaban J connectivity index is 1.66. The monoisotopic (exact) mass is 359 g/mol. The lowest BCUT2D eigenvalue weighted by Gasteiger charge is -2.23. The number of ether oxygens (including phenoxy) is 1. The van der Waals surface area contributed by atoms with Gasteiger partial charge in [0.15, 0.2) is 0 Å². The normalized spacial score (nSPS) is 20.4. The van der Waals surface area contributed by atoms with Crippen LogP contribution in [0.4, 0.5) is 0 Å². The Morgan fingerprint density at radius 1 is 1.28 bits per heavy atom. The summed E-state index contributed by atoms with van der Waals surface area (Å²) in [5.74, 6) is 2.07. The Bertz CT molecular complexity index is 807. The SMILES string of the molecule is CCN(CC1CCOC1)C(=O)c1sc2nc(C3CC3)nc(C)c2c1C. The van der Waals surface area contributed by atoms with E-state index in [1.165, 1.54) is 24.2 Å². The molecule has 1 atom stereocenters. The quantitative estimate of drug-likeness (QED) is 0.817. The van der Waals surface area contributed by atoms with Gasteiger partial charge in [-0.2, -0.15) is 0 Å². The van der Waals surface area contributed by atoms with Gasteiger partial charge in [0.05, 0.1) is 17.2 Å². The molecule has 0 radical (unpaired) electrons. The third kappa shape index (κ3) is 3.17. The molecule has 2 aromatic rings. The van der Waals surface area contributed by atoms with Crippen molar-refractivity contribution in [3.05, 3.63) is 22.0 Å². The van der Waals surface area contributed by atoms with Gasteiger partial charge in [-0.1, -0.05) is 0 Å². The molecule has 5 nitrogen and oxygen atoms in total. The summed E-state index contributed by atoms with van der Waals surface area (Å²) in [6.07, 6.45) is 3.42. The molecule has 1 saturated heterocycles. The van der Waals surface area contributed by atoms with E-state index in [4.69, 9.17) is 14.7 Å². The largest absolute Gasteiger partial charge is 0.381 e. The third-order valence-electron chi connectivity index (χ3n) is 5.30. The molecule has 134 valence electrons. The standard InChI is InChI=1S/C19H25N3O2S/c1-4-22(9-13-7-8-24-10-13)19(23)16-11(2)15-12(3)20-17(14-5-6-14)21-18(15)25-16/h13-14H,4-10H2,1-3H3. The van der Waals surface area contributed by atoms with Gasteiger partial charge < -0.3 is 9.64 Å². The van der Waals surface area contributed by atoms with E-state index in [1.807, 2.05) is 25.7 Å². The van der Waals surface area contributed by atoms with Gasteiger partial charge >= 0.3 is 0 Å². The first-order valence-electron chi connectivity index (χ1n) is 9.23. The van der Waals surface area contributed by atoms with E-state index >= 15 is 0 Å². The van der Waals surface area contributed by atoms with Crippen LogP contribution in [0.2, 0.25) is 0 Å². The number of fused-ring (bicyclic) bond motifs is 1. The molecule has 0 N–H and O–H groups in total. The molecule has 2 aliphatic rings. The van der Waals surface area contributed by atoms with E-state index in [0.29, 0.717) is 11.8 Å². The van der Waals surface area contributed by atoms with Crippen LogP contribution in [0.3, 0.4) is 0 Å². The van der Waals surface area contributed by atoms with Crippen molar-refractivity contribution in [3.63, 3.8) is 0 Å². The summed E-state index contributed by atoms with van der Waals surface area (Å²) >= 11 is 1.53. The van der Waals surface area contributed by atoms with Crippen molar-refractivity contribution in [3.8, 4) is 0 Å². The molecule has 6 heteroatoms. The van der Waals surface area contributed by atoms with Crippen LogP contribution < -0.4 is 0 Å². The second-order valence-electron chi connectivity index (χ2n) is 7.25. The molecular formula is C19H25N3O2S. The van der Waals surface area contributed by atoms with Crippen molar-refractivity contribution >= 4 is 27.5 Å². The van der Waals surface area contributed by atoms with E-state index in [9.17, 15) is 4.79 Å². The van der Waals surface area contributed by atoms with E-state index in [2.05, 4.69) is 0 Å². The fraction of sp³-hybridized carbons (Fsp3) is 0.632. The van der Waals surface area contributed by atoms with E-state index in [0.717, 1.165) is 64.9 Å². The van der Waals surface area contributed by atoms with E-state index in [-0.39, 0.29) is 5.91 Å². The van der Waals surface area contributed by atoms with Gasteiger partial charge in [-0.25, -0.2) is 9.97 Å². The fourth-order valence-corrected chi connectivity index (χ4v) is 4.83. The van der Waals surface area contributed by atoms with Crippen molar-refractivity contribution < 1.29 is 9.53 Å². The first-order chi connectivity index (χ1) is 12.1. The smallest absolute Gasteiger partial charge is 0.264 e. The topological polar surface area (TPSA) is 55.3 Å². The molecule has 1 aliphatic carbocycles. The van der Waals surface area contributed by atoms with Crippen LogP contribution in [0.5, 0.6) is 0 Å². The maximum absolute atomic E-state index is 13.1. The maximum Gasteiger partial charge on any atom is 0.264 e. The molecule has 1 saturated carbocycles. The second-order valence-corrected chi connectivity index (χ2v) is 8.25. The van der Waals surface area contributed by atoms with Crippen LogP contribution in [-0.2, 0) is 4.74 Å². The second kappa shape index (κ2) is 6.65. The van der Waals surface area contributed by atoms with Crippen molar-refractivity contribution in [1.82, 2.24) is 14.9 Å². The number of rotatable bonds is 5. The van der Waals surface area contributed by atoms with Gasteiger partial charge in [0.1, 0.15) is 10.7 Å². The Labute approximate surface area is 152 Å². The highest BCUT2D eigenvalue weighted by Gasteiger charge is 2.29. The summed E-state index contributed by atoms with van der Waals surface area (Å²) in [5.41, 5.74) is 2.04. The average molecular weight is 359 g/mol. The van der Waals surface area contributed by atoms with Crippen LogP contribution >= 0.6 is 11.3 Å². The van der Waals surface area contributed by atoms with Gasteiger partial charge in [0, 0.05) is 36.9 Å². The highest BCUT2D eigenvalue weighted by molar-refractivity contribution is 7.20. The fourth-order valence-electron chi connectivity index (χ4n) is 3.63. The first-order valence-corrected chi connectivity index (χ1v) is 10.0. The van der Waals surface area contributed by atoms with Crippen LogP contribution in [0.15, 0.2) is 0 Å². The Morgan fingerprint density at radius 2 is 2.08 bits per heavy atom.